The van der Waals surface area contributed by atoms with Crippen molar-refractivity contribution in [1.82, 2.24) is 30.4 Å². The van der Waals surface area contributed by atoms with E-state index in [1.54, 1.807) is 7.05 Å². The fourth-order valence-corrected chi connectivity index (χ4v) is 2.20. The second-order valence-electron chi connectivity index (χ2n) is 5.09. The molecule has 1 unspecified atom stereocenters. The van der Waals surface area contributed by atoms with E-state index in [1.165, 1.54) is 11.2 Å². The summed E-state index contributed by atoms with van der Waals surface area (Å²) in [6.07, 6.45) is 1.18. The summed E-state index contributed by atoms with van der Waals surface area (Å²) in [5.41, 5.74) is 0. The van der Waals surface area contributed by atoms with E-state index in [1.807, 2.05) is 0 Å². The molecule has 2 heterocycles. The van der Waals surface area contributed by atoms with Crippen LogP contribution in [-0.4, -0.2) is 50.8 Å². The van der Waals surface area contributed by atoms with E-state index in [9.17, 15) is 0 Å². The number of tetrazole rings is 1. The number of hydrogen-bond acceptors (Lipinski definition) is 5. The van der Waals surface area contributed by atoms with Gasteiger partial charge in [-0.3, -0.25) is 4.90 Å². The van der Waals surface area contributed by atoms with Gasteiger partial charge in [-0.25, -0.2) is 0 Å². The second-order valence-corrected chi connectivity index (χ2v) is 5.09. The van der Waals surface area contributed by atoms with Gasteiger partial charge >= 0.3 is 0 Å². The van der Waals surface area contributed by atoms with Gasteiger partial charge in [0.25, 0.3) is 0 Å². The molecule has 1 aliphatic rings. The lowest BCUT2D eigenvalue weighted by Gasteiger charge is -2.25. The molecule has 0 aliphatic carbocycles. The Morgan fingerprint density at radius 3 is 2.94 bits per heavy atom. The van der Waals surface area contributed by atoms with Crippen molar-refractivity contribution >= 4 is 0 Å². The van der Waals surface area contributed by atoms with Gasteiger partial charge in [-0.15, -0.1) is 10.2 Å². The Labute approximate surface area is 102 Å². The maximum atomic E-state index is 4.24. The van der Waals surface area contributed by atoms with Crippen LogP contribution in [0.2, 0.25) is 0 Å². The fraction of sp³-hybridized carbons (Fsp3) is 0.909. The van der Waals surface area contributed by atoms with E-state index in [4.69, 9.17) is 0 Å². The number of nitrogens with one attached hydrogen (secondary N) is 1. The summed E-state index contributed by atoms with van der Waals surface area (Å²) in [6.45, 7) is 8.61. The summed E-state index contributed by atoms with van der Waals surface area (Å²) in [5.74, 6) is 1.47. The molecule has 1 atom stereocenters. The Morgan fingerprint density at radius 1 is 1.47 bits per heavy atom. The van der Waals surface area contributed by atoms with Crippen molar-refractivity contribution in [1.29, 1.82) is 0 Å². The van der Waals surface area contributed by atoms with Crippen LogP contribution in [0.5, 0.6) is 0 Å². The maximum Gasteiger partial charge on any atom is 0.188 e. The lowest BCUT2D eigenvalue weighted by molar-refractivity contribution is 0.233. The van der Waals surface area contributed by atoms with Gasteiger partial charge in [0, 0.05) is 12.6 Å². The first-order valence-corrected chi connectivity index (χ1v) is 6.34. The number of hydrogen-bond donors (Lipinski definition) is 1. The number of nitrogens with zero attached hydrogens (tertiary/aromatic N) is 5. The first-order chi connectivity index (χ1) is 8.15. The minimum absolute atomic E-state index is 0.564. The summed E-state index contributed by atoms with van der Waals surface area (Å²) in [6, 6.07) is 0.564. The van der Waals surface area contributed by atoms with Gasteiger partial charge in [0.2, 0.25) is 0 Å². The van der Waals surface area contributed by atoms with Crippen LogP contribution in [0.15, 0.2) is 0 Å². The van der Waals surface area contributed by atoms with E-state index in [0.717, 1.165) is 32.0 Å². The molecular weight excluding hydrogens is 216 g/mol. The minimum atomic E-state index is 0.564. The third-order valence-corrected chi connectivity index (χ3v) is 3.23. The molecular formula is C11H22N6. The average molecular weight is 238 g/mol. The van der Waals surface area contributed by atoms with Gasteiger partial charge in [0.05, 0.1) is 13.6 Å². The molecule has 0 bridgehead atoms. The summed E-state index contributed by atoms with van der Waals surface area (Å²) < 4.78 is 0. The van der Waals surface area contributed by atoms with Gasteiger partial charge in [0.1, 0.15) is 0 Å². The molecule has 0 saturated carbocycles. The van der Waals surface area contributed by atoms with Crippen LogP contribution in [0.3, 0.4) is 0 Å². The molecule has 0 amide bonds. The molecule has 1 saturated heterocycles. The van der Waals surface area contributed by atoms with E-state index in [2.05, 4.69) is 39.5 Å². The molecule has 6 heteroatoms. The highest BCUT2D eigenvalue weighted by atomic mass is 15.6. The number of aromatic nitrogens is 4. The first kappa shape index (κ1) is 12.4. The van der Waals surface area contributed by atoms with Gasteiger partial charge < -0.3 is 5.32 Å². The highest BCUT2D eigenvalue weighted by molar-refractivity contribution is 4.83. The van der Waals surface area contributed by atoms with Crippen molar-refractivity contribution in [2.45, 2.75) is 32.9 Å². The number of aryl methyl sites for hydroxylation is 1. The van der Waals surface area contributed by atoms with E-state index in [-0.39, 0.29) is 0 Å². The van der Waals surface area contributed by atoms with Gasteiger partial charge in [-0.1, -0.05) is 13.8 Å². The SMILES string of the molecule is CC(C)C1CN(Cc2nnn(C)n2)CCCN1. The van der Waals surface area contributed by atoms with Crippen LogP contribution in [0.25, 0.3) is 0 Å². The van der Waals surface area contributed by atoms with E-state index in [0.29, 0.717) is 12.0 Å². The van der Waals surface area contributed by atoms with E-state index < -0.39 is 0 Å². The number of rotatable bonds is 3. The molecule has 1 aromatic rings. The smallest absolute Gasteiger partial charge is 0.188 e. The Hall–Kier alpha value is -1.01. The molecule has 17 heavy (non-hydrogen) atoms. The van der Waals surface area contributed by atoms with E-state index >= 15 is 0 Å². The molecule has 1 aliphatic heterocycles. The van der Waals surface area contributed by atoms with Crippen molar-refractivity contribution in [2.24, 2.45) is 13.0 Å². The maximum absolute atomic E-state index is 4.24. The highest BCUT2D eigenvalue weighted by Gasteiger charge is 2.21. The van der Waals surface area contributed by atoms with Gasteiger partial charge in [0.15, 0.2) is 5.82 Å². The zero-order valence-corrected chi connectivity index (χ0v) is 10.9. The van der Waals surface area contributed by atoms with Crippen molar-refractivity contribution in [3.8, 4) is 0 Å². The quantitative estimate of drug-likeness (QED) is 0.805. The standard InChI is InChI=1S/C11H22N6/c1-9(2)10-7-17(6-4-5-12-10)8-11-13-15-16(3)14-11/h9-10,12H,4-8H2,1-3H3. The van der Waals surface area contributed by atoms with Crippen LogP contribution in [-0.2, 0) is 13.6 Å². The topological polar surface area (TPSA) is 58.9 Å². The first-order valence-electron chi connectivity index (χ1n) is 6.34. The molecule has 1 fully saturated rings. The molecule has 1 N–H and O–H groups in total. The van der Waals surface area contributed by atoms with Crippen molar-refractivity contribution in [3.63, 3.8) is 0 Å². The highest BCUT2D eigenvalue weighted by Crippen LogP contribution is 2.10. The van der Waals surface area contributed by atoms with Crippen LogP contribution >= 0.6 is 0 Å². The van der Waals surface area contributed by atoms with Crippen molar-refractivity contribution in [3.05, 3.63) is 5.82 Å². The van der Waals surface area contributed by atoms with Crippen molar-refractivity contribution < 1.29 is 0 Å². The molecule has 0 aromatic carbocycles. The average Bonchev–Trinajstić information content (AvgIpc) is 2.54. The van der Waals surface area contributed by atoms with Crippen LogP contribution in [0.4, 0.5) is 0 Å². The summed E-state index contributed by atoms with van der Waals surface area (Å²) >= 11 is 0. The summed E-state index contributed by atoms with van der Waals surface area (Å²) in [4.78, 5) is 3.94. The Morgan fingerprint density at radius 2 is 2.29 bits per heavy atom. The van der Waals surface area contributed by atoms with Gasteiger partial charge in [-0.05, 0) is 30.6 Å². The summed E-state index contributed by atoms with van der Waals surface area (Å²) in [5, 5.41) is 15.8. The summed E-state index contributed by atoms with van der Waals surface area (Å²) in [7, 11) is 1.80. The monoisotopic (exact) mass is 238 g/mol. The van der Waals surface area contributed by atoms with Crippen LogP contribution in [0, 0.1) is 5.92 Å². The normalized spacial score (nSPS) is 22.9. The second kappa shape index (κ2) is 5.55. The fourth-order valence-electron chi connectivity index (χ4n) is 2.20. The third-order valence-electron chi connectivity index (χ3n) is 3.23. The Balaban J connectivity index is 1.94. The Bertz CT molecular complexity index is 347. The third kappa shape index (κ3) is 3.47. The predicted octanol–water partition coefficient (Wildman–Crippen LogP) is 0.0300. The zero-order valence-electron chi connectivity index (χ0n) is 10.9. The molecule has 96 valence electrons. The Kier molecular flexibility index (Phi) is 4.06. The lowest BCUT2D eigenvalue weighted by Crippen LogP contribution is -2.41. The zero-order chi connectivity index (χ0) is 12.3. The molecule has 1 aromatic heterocycles. The van der Waals surface area contributed by atoms with Crippen molar-refractivity contribution in [2.75, 3.05) is 19.6 Å². The molecule has 2 rings (SSSR count). The molecule has 0 radical (unpaired) electrons. The predicted molar refractivity (Wildman–Crippen MR) is 65.3 cm³/mol. The van der Waals surface area contributed by atoms with Crippen LogP contribution < -0.4 is 5.32 Å². The lowest BCUT2D eigenvalue weighted by atomic mass is 10.0. The largest absolute Gasteiger partial charge is 0.312 e. The molecule has 0 spiro atoms. The van der Waals surface area contributed by atoms with Gasteiger partial charge in [-0.2, -0.15) is 4.80 Å². The van der Waals surface area contributed by atoms with Crippen LogP contribution in [0.1, 0.15) is 26.1 Å². The minimum Gasteiger partial charge on any atom is -0.312 e. The molecule has 6 nitrogen and oxygen atoms in total.